The molecule has 0 aromatic heterocycles. The Morgan fingerprint density at radius 1 is 1.08 bits per heavy atom. The van der Waals surface area contributed by atoms with Gasteiger partial charge in [-0.1, -0.05) is 80.6 Å². The highest BCUT2D eigenvalue weighted by atomic mass is 16.7. The first-order chi connectivity index (χ1) is 12.8. The Labute approximate surface area is 156 Å². The van der Waals surface area contributed by atoms with Gasteiger partial charge in [0.25, 0.3) is 0 Å². The Morgan fingerprint density at radius 2 is 1.88 bits per heavy atom. The van der Waals surface area contributed by atoms with Crippen LogP contribution in [0.25, 0.3) is 10.8 Å². The standard InChI is InChI=1S/C23H29NO2/c1-2-3-4-5-6-12-19-14-10-17-22(19)24-26-23(25)21-16-9-13-18-11-7-8-15-20(18)21/h7-9,11,13,15-16,19H,2-6,10,12,14,17H2,1H3/b24-22+/t19-/m0/s1. The minimum Gasteiger partial charge on any atom is -0.313 e. The second kappa shape index (κ2) is 9.51. The second-order valence-electron chi connectivity index (χ2n) is 7.28. The van der Waals surface area contributed by atoms with E-state index in [2.05, 4.69) is 12.1 Å². The summed E-state index contributed by atoms with van der Waals surface area (Å²) in [6, 6.07) is 13.6. The summed E-state index contributed by atoms with van der Waals surface area (Å²) in [5.74, 6) is 0.139. The zero-order chi connectivity index (χ0) is 18.2. The van der Waals surface area contributed by atoms with Crippen LogP contribution < -0.4 is 0 Å². The van der Waals surface area contributed by atoms with Crippen molar-refractivity contribution in [1.29, 1.82) is 0 Å². The summed E-state index contributed by atoms with van der Waals surface area (Å²) in [6.07, 6.45) is 11.0. The van der Waals surface area contributed by atoms with Gasteiger partial charge in [-0.3, -0.25) is 0 Å². The fourth-order valence-corrected chi connectivity index (χ4v) is 3.88. The van der Waals surface area contributed by atoms with Crippen LogP contribution in [0.2, 0.25) is 0 Å². The number of hydrogen-bond acceptors (Lipinski definition) is 3. The number of rotatable bonds is 8. The number of oxime groups is 1. The first kappa shape index (κ1) is 18.6. The van der Waals surface area contributed by atoms with Gasteiger partial charge in [0.1, 0.15) is 0 Å². The highest BCUT2D eigenvalue weighted by Crippen LogP contribution is 2.28. The molecule has 2 aromatic carbocycles. The quantitative estimate of drug-likeness (QED) is 0.309. The van der Waals surface area contributed by atoms with Gasteiger partial charge in [-0.2, -0.15) is 0 Å². The molecule has 0 aliphatic heterocycles. The molecule has 1 saturated carbocycles. The van der Waals surface area contributed by atoms with Crippen molar-refractivity contribution in [3.05, 3.63) is 48.0 Å². The lowest BCUT2D eigenvalue weighted by molar-refractivity contribution is 0.0516. The van der Waals surface area contributed by atoms with Gasteiger partial charge in [-0.25, -0.2) is 4.79 Å². The fraction of sp³-hybridized carbons (Fsp3) is 0.478. The van der Waals surface area contributed by atoms with Gasteiger partial charge in [0, 0.05) is 5.92 Å². The van der Waals surface area contributed by atoms with Crippen molar-refractivity contribution in [3.8, 4) is 0 Å². The Kier molecular flexibility index (Phi) is 6.82. The molecule has 3 heteroatoms. The number of benzene rings is 2. The molecule has 0 amide bonds. The molecule has 1 aliphatic carbocycles. The minimum absolute atomic E-state index is 0.358. The summed E-state index contributed by atoms with van der Waals surface area (Å²) in [5, 5.41) is 6.23. The predicted molar refractivity (Wildman–Crippen MR) is 108 cm³/mol. The summed E-state index contributed by atoms with van der Waals surface area (Å²) in [6.45, 7) is 2.24. The van der Waals surface area contributed by atoms with Crippen molar-refractivity contribution in [2.45, 2.75) is 64.7 Å². The van der Waals surface area contributed by atoms with Gasteiger partial charge in [0.2, 0.25) is 0 Å². The molecule has 0 N–H and O–H groups in total. The molecule has 2 aromatic rings. The molecule has 1 atom stereocenters. The summed E-state index contributed by atoms with van der Waals surface area (Å²) >= 11 is 0. The number of fused-ring (bicyclic) bond motifs is 1. The number of carbonyl (C=O) groups is 1. The van der Waals surface area contributed by atoms with E-state index in [1.54, 1.807) is 0 Å². The van der Waals surface area contributed by atoms with Crippen LogP contribution in [0.4, 0.5) is 0 Å². The molecular weight excluding hydrogens is 322 g/mol. The van der Waals surface area contributed by atoms with Crippen molar-refractivity contribution in [3.63, 3.8) is 0 Å². The molecule has 0 spiro atoms. The third-order valence-electron chi connectivity index (χ3n) is 5.37. The van der Waals surface area contributed by atoms with E-state index in [0.717, 1.165) is 29.3 Å². The average Bonchev–Trinajstić information content (AvgIpc) is 3.13. The summed E-state index contributed by atoms with van der Waals surface area (Å²) in [5.41, 5.74) is 1.66. The van der Waals surface area contributed by atoms with Gasteiger partial charge in [0.05, 0.1) is 11.3 Å². The molecule has 1 aliphatic rings. The molecule has 3 nitrogen and oxygen atoms in total. The molecule has 1 fully saturated rings. The third-order valence-corrected chi connectivity index (χ3v) is 5.37. The molecule has 0 heterocycles. The van der Waals surface area contributed by atoms with Crippen molar-refractivity contribution in [2.75, 3.05) is 0 Å². The van der Waals surface area contributed by atoms with Crippen molar-refractivity contribution < 1.29 is 9.63 Å². The first-order valence-electron chi connectivity index (χ1n) is 10.1. The van der Waals surface area contributed by atoms with Crippen molar-refractivity contribution >= 4 is 22.5 Å². The largest absolute Gasteiger partial charge is 0.366 e. The normalized spacial score (nSPS) is 18.5. The van der Waals surface area contributed by atoms with E-state index >= 15 is 0 Å². The molecule has 0 saturated heterocycles. The zero-order valence-corrected chi connectivity index (χ0v) is 15.7. The van der Waals surface area contributed by atoms with E-state index in [1.807, 2.05) is 42.5 Å². The number of carbonyl (C=O) groups excluding carboxylic acids is 1. The van der Waals surface area contributed by atoms with Gasteiger partial charge >= 0.3 is 5.97 Å². The maximum absolute atomic E-state index is 12.5. The molecular formula is C23H29NO2. The molecule has 138 valence electrons. The van der Waals surface area contributed by atoms with Crippen molar-refractivity contribution in [1.82, 2.24) is 0 Å². The topological polar surface area (TPSA) is 38.7 Å². The van der Waals surface area contributed by atoms with E-state index in [0.29, 0.717) is 11.5 Å². The Bertz CT molecular complexity index is 760. The van der Waals surface area contributed by atoms with Crippen LogP contribution in [0.1, 0.15) is 75.1 Å². The van der Waals surface area contributed by atoms with Gasteiger partial charge in [-0.15, -0.1) is 0 Å². The fourth-order valence-electron chi connectivity index (χ4n) is 3.88. The van der Waals surface area contributed by atoms with Crippen LogP contribution in [-0.2, 0) is 4.84 Å². The lowest BCUT2D eigenvalue weighted by Gasteiger charge is -2.10. The number of hydrogen-bond donors (Lipinski definition) is 0. The average molecular weight is 351 g/mol. The Hall–Kier alpha value is -2.16. The van der Waals surface area contributed by atoms with Crippen LogP contribution in [0.15, 0.2) is 47.6 Å². The monoisotopic (exact) mass is 351 g/mol. The van der Waals surface area contributed by atoms with Crippen molar-refractivity contribution in [2.24, 2.45) is 11.1 Å². The molecule has 0 bridgehead atoms. The van der Waals surface area contributed by atoms with Crippen LogP contribution >= 0.6 is 0 Å². The van der Waals surface area contributed by atoms with Crippen LogP contribution in [0, 0.1) is 5.92 Å². The number of nitrogens with zero attached hydrogens (tertiary/aromatic N) is 1. The lowest BCUT2D eigenvalue weighted by Crippen LogP contribution is -2.10. The zero-order valence-electron chi connectivity index (χ0n) is 15.7. The van der Waals surface area contributed by atoms with E-state index < -0.39 is 0 Å². The summed E-state index contributed by atoms with van der Waals surface area (Å²) in [7, 11) is 0. The third kappa shape index (κ3) is 4.72. The van der Waals surface area contributed by atoms with E-state index in [9.17, 15) is 4.79 Å². The number of unbranched alkanes of at least 4 members (excludes halogenated alkanes) is 4. The second-order valence-corrected chi connectivity index (χ2v) is 7.28. The molecule has 26 heavy (non-hydrogen) atoms. The maximum Gasteiger partial charge on any atom is 0.366 e. The minimum atomic E-state index is -0.358. The lowest BCUT2D eigenvalue weighted by atomic mass is 9.98. The highest BCUT2D eigenvalue weighted by molar-refractivity contribution is 6.04. The van der Waals surface area contributed by atoms with Gasteiger partial charge < -0.3 is 4.84 Å². The highest BCUT2D eigenvalue weighted by Gasteiger charge is 2.23. The Balaban J connectivity index is 1.60. The molecule has 0 unspecified atom stereocenters. The van der Waals surface area contributed by atoms with E-state index in [1.165, 1.54) is 44.9 Å². The first-order valence-corrected chi connectivity index (χ1v) is 10.1. The van der Waals surface area contributed by atoms with E-state index in [4.69, 9.17) is 4.84 Å². The van der Waals surface area contributed by atoms with Crippen LogP contribution in [0.5, 0.6) is 0 Å². The van der Waals surface area contributed by atoms with Gasteiger partial charge in [-0.05, 0) is 42.5 Å². The molecule has 0 radical (unpaired) electrons. The summed E-state index contributed by atoms with van der Waals surface area (Å²) in [4.78, 5) is 17.9. The smallest absolute Gasteiger partial charge is 0.313 e. The maximum atomic E-state index is 12.5. The van der Waals surface area contributed by atoms with Gasteiger partial charge in [0.15, 0.2) is 0 Å². The van der Waals surface area contributed by atoms with Crippen LogP contribution in [-0.4, -0.2) is 11.7 Å². The summed E-state index contributed by atoms with van der Waals surface area (Å²) < 4.78 is 0. The van der Waals surface area contributed by atoms with E-state index in [-0.39, 0.29) is 5.97 Å². The Morgan fingerprint density at radius 3 is 2.77 bits per heavy atom. The van der Waals surface area contributed by atoms with Crippen LogP contribution in [0.3, 0.4) is 0 Å². The SMILES string of the molecule is CCCCCCC[C@H]1CCC/C1=N\OC(=O)c1cccc2ccccc12. The molecule has 3 rings (SSSR count). The predicted octanol–water partition coefficient (Wildman–Crippen LogP) is 6.51.